The van der Waals surface area contributed by atoms with E-state index in [-0.39, 0.29) is 18.8 Å². The van der Waals surface area contributed by atoms with Crippen molar-refractivity contribution in [1.82, 2.24) is 4.57 Å². The molecule has 0 radical (unpaired) electrons. The Labute approximate surface area is 242 Å². The van der Waals surface area contributed by atoms with E-state index in [1.165, 1.54) is 11.3 Å². The molecule has 0 N–H and O–H groups in total. The van der Waals surface area contributed by atoms with Gasteiger partial charge in [-0.2, -0.15) is 0 Å². The summed E-state index contributed by atoms with van der Waals surface area (Å²) < 4.78 is 13.3. The number of carbonyl (C=O) groups is 1. The van der Waals surface area contributed by atoms with Crippen molar-refractivity contribution in [3.63, 3.8) is 0 Å². The molecule has 0 spiro atoms. The number of hydrogen-bond acceptors (Lipinski definition) is 6. The Morgan fingerprint density at radius 3 is 2.46 bits per heavy atom. The third-order valence-corrected chi connectivity index (χ3v) is 7.79. The van der Waals surface area contributed by atoms with Gasteiger partial charge < -0.3 is 9.47 Å². The molecule has 41 heavy (non-hydrogen) atoms. The fraction of sp³-hybridized carbons (Fsp3) is 0.206. The number of thiazole rings is 1. The molecule has 1 aliphatic heterocycles. The van der Waals surface area contributed by atoms with Crippen LogP contribution in [0.3, 0.4) is 0 Å². The van der Waals surface area contributed by atoms with Gasteiger partial charge in [-0.25, -0.2) is 9.79 Å². The van der Waals surface area contributed by atoms with Crippen molar-refractivity contribution in [2.24, 2.45) is 4.99 Å². The number of benzene rings is 3. The van der Waals surface area contributed by atoms with Crippen LogP contribution in [0.1, 0.15) is 55.0 Å². The van der Waals surface area contributed by atoms with Crippen LogP contribution < -0.4 is 19.6 Å². The largest absolute Gasteiger partial charge is 0.480 e. The van der Waals surface area contributed by atoms with Crippen LogP contribution in [0.15, 0.2) is 94.2 Å². The summed E-state index contributed by atoms with van der Waals surface area (Å²) in [5.74, 6) is 2.89. The van der Waals surface area contributed by atoms with Gasteiger partial charge in [-0.3, -0.25) is 9.36 Å². The van der Waals surface area contributed by atoms with Gasteiger partial charge in [0.25, 0.3) is 5.56 Å². The number of rotatable bonds is 8. The van der Waals surface area contributed by atoms with E-state index in [2.05, 4.69) is 19.8 Å². The summed E-state index contributed by atoms with van der Waals surface area (Å²) in [7, 11) is 0. The maximum atomic E-state index is 14.1. The molecule has 0 amide bonds. The maximum Gasteiger partial charge on any atom is 0.338 e. The zero-order valence-corrected chi connectivity index (χ0v) is 24.0. The first-order valence-corrected chi connectivity index (χ1v) is 14.3. The van der Waals surface area contributed by atoms with Crippen molar-refractivity contribution in [2.45, 2.75) is 32.7 Å². The van der Waals surface area contributed by atoms with Crippen molar-refractivity contribution in [2.75, 3.05) is 13.2 Å². The number of carbonyl (C=O) groups excluding carboxylic acids is 1. The highest BCUT2D eigenvalue weighted by atomic mass is 32.1. The average molecular weight is 563 g/mol. The number of ether oxygens (including phenoxy) is 2. The molecule has 0 saturated heterocycles. The minimum Gasteiger partial charge on any atom is -0.480 e. The van der Waals surface area contributed by atoms with Crippen LogP contribution >= 0.6 is 11.3 Å². The van der Waals surface area contributed by atoms with Crippen LogP contribution in [-0.2, 0) is 9.53 Å². The molecule has 0 saturated carbocycles. The lowest BCUT2D eigenvalue weighted by molar-refractivity contribution is -0.138. The van der Waals surface area contributed by atoms with Gasteiger partial charge >= 0.3 is 5.97 Å². The van der Waals surface area contributed by atoms with Crippen LogP contribution in [0.2, 0.25) is 0 Å². The van der Waals surface area contributed by atoms with Gasteiger partial charge in [0.05, 0.1) is 28.5 Å². The first kappa shape index (κ1) is 27.9. The van der Waals surface area contributed by atoms with Crippen LogP contribution in [-0.4, -0.2) is 23.8 Å². The van der Waals surface area contributed by atoms with Gasteiger partial charge in [-0.1, -0.05) is 104 Å². The van der Waals surface area contributed by atoms with E-state index in [1.807, 2.05) is 78.9 Å². The maximum absolute atomic E-state index is 14.1. The van der Waals surface area contributed by atoms with Gasteiger partial charge in [-0.15, -0.1) is 6.42 Å². The number of nitrogens with zero attached hydrogens (tertiary/aromatic N) is 2. The molecule has 206 valence electrons. The second-order valence-corrected chi connectivity index (χ2v) is 10.8. The summed E-state index contributed by atoms with van der Waals surface area (Å²) in [6.45, 7) is 6.33. The van der Waals surface area contributed by atoms with Crippen LogP contribution in [0, 0.1) is 12.3 Å². The smallest absolute Gasteiger partial charge is 0.338 e. The predicted molar refractivity (Wildman–Crippen MR) is 162 cm³/mol. The van der Waals surface area contributed by atoms with E-state index < -0.39 is 12.0 Å². The molecule has 0 fully saturated rings. The zero-order chi connectivity index (χ0) is 28.9. The molecular formula is C34H30N2O4S. The van der Waals surface area contributed by atoms with Crippen molar-refractivity contribution in [3.05, 3.63) is 126 Å². The lowest BCUT2D eigenvalue weighted by atomic mass is 9.91. The summed E-state index contributed by atoms with van der Waals surface area (Å²) in [6.07, 6.45) is 7.18. The molecule has 0 bridgehead atoms. The van der Waals surface area contributed by atoms with E-state index >= 15 is 0 Å². The first-order valence-electron chi connectivity index (χ1n) is 13.5. The SMILES string of the molecule is C#CCOc1ccccc1/C=c1\sc2n(c1=O)[C@@H](c1ccc(C(C)C)cc1)C(C(=O)OCC)=C(c1ccccc1)N=2. The summed E-state index contributed by atoms with van der Waals surface area (Å²) in [5, 5.41) is 0. The molecule has 5 rings (SSSR count). The Morgan fingerprint density at radius 2 is 1.78 bits per heavy atom. The van der Waals surface area contributed by atoms with E-state index in [0.29, 0.717) is 32.3 Å². The molecule has 1 aromatic heterocycles. The van der Waals surface area contributed by atoms with Gasteiger partial charge in [0.1, 0.15) is 12.4 Å². The average Bonchev–Trinajstić information content (AvgIpc) is 3.30. The molecule has 1 aliphatic rings. The minimum atomic E-state index is -0.725. The fourth-order valence-electron chi connectivity index (χ4n) is 4.81. The third kappa shape index (κ3) is 5.65. The van der Waals surface area contributed by atoms with E-state index in [1.54, 1.807) is 17.6 Å². The van der Waals surface area contributed by atoms with Gasteiger partial charge in [0, 0.05) is 11.1 Å². The standard InChI is InChI=1S/C34H30N2O4S/c1-5-20-40-27-15-11-10-14-26(27)21-28-32(37)36-31(25-18-16-23(17-19-25)22(3)4)29(33(38)39-6-2)30(35-34(36)41-28)24-12-8-7-9-13-24/h1,7-19,21-22,31H,6,20H2,2-4H3/b28-21-/t31-/m0/s1. The molecule has 3 aromatic carbocycles. The Bertz CT molecular complexity index is 1820. The van der Waals surface area contributed by atoms with E-state index in [4.69, 9.17) is 20.9 Å². The van der Waals surface area contributed by atoms with E-state index in [9.17, 15) is 9.59 Å². The van der Waals surface area contributed by atoms with Gasteiger partial charge in [0.15, 0.2) is 4.80 Å². The Kier molecular flexibility index (Phi) is 8.32. The van der Waals surface area contributed by atoms with Crippen LogP contribution in [0.5, 0.6) is 5.75 Å². The van der Waals surface area contributed by atoms with Crippen molar-refractivity contribution >= 4 is 29.1 Å². The lowest BCUT2D eigenvalue weighted by Gasteiger charge is -2.26. The molecular weight excluding hydrogens is 532 g/mol. The number of esters is 1. The van der Waals surface area contributed by atoms with Crippen LogP contribution in [0.25, 0.3) is 11.8 Å². The normalized spacial score (nSPS) is 14.8. The third-order valence-electron chi connectivity index (χ3n) is 6.81. The number of fused-ring (bicyclic) bond motifs is 1. The highest BCUT2D eigenvalue weighted by molar-refractivity contribution is 7.07. The number of terminal acetylenes is 1. The number of aromatic nitrogens is 1. The monoisotopic (exact) mass is 562 g/mol. The second-order valence-electron chi connectivity index (χ2n) is 9.78. The second kappa shape index (κ2) is 12.2. The molecule has 0 aliphatic carbocycles. The van der Waals surface area contributed by atoms with Gasteiger partial charge in [-0.05, 0) is 36.1 Å². The van der Waals surface area contributed by atoms with Gasteiger partial charge in [0.2, 0.25) is 0 Å². The highest BCUT2D eigenvalue weighted by Crippen LogP contribution is 2.35. The first-order chi connectivity index (χ1) is 19.9. The van der Waals surface area contributed by atoms with Crippen LogP contribution in [0.4, 0.5) is 0 Å². The Balaban J connectivity index is 1.79. The highest BCUT2D eigenvalue weighted by Gasteiger charge is 2.35. The van der Waals surface area contributed by atoms with Crippen molar-refractivity contribution in [1.29, 1.82) is 0 Å². The number of para-hydroxylation sites is 1. The Morgan fingerprint density at radius 1 is 1.07 bits per heavy atom. The summed E-state index contributed by atoms with van der Waals surface area (Å²) in [4.78, 5) is 33.1. The van der Waals surface area contributed by atoms with Crippen molar-refractivity contribution in [3.8, 4) is 18.1 Å². The van der Waals surface area contributed by atoms with E-state index in [0.717, 1.165) is 22.3 Å². The summed E-state index contributed by atoms with van der Waals surface area (Å²) >= 11 is 1.27. The quantitative estimate of drug-likeness (QED) is 0.222. The molecule has 2 heterocycles. The predicted octanol–water partition coefficient (Wildman–Crippen LogP) is 5.07. The lowest BCUT2D eigenvalue weighted by Crippen LogP contribution is -2.40. The molecule has 4 aromatic rings. The Hall–Kier alpha value is -4.67. The molecule has 0 unspecified atom stereocenters. The summed E-state index contributed by atoms with van der Waals surface area (Å²) in [5.41, 5.74) is 4.01. The molecule has 7 heteroatoms. The minimum absolute atomic E-state index is 0.113. The zero-order valence-electron chi connectivity index (χ0n) is 23.2. The fourth-order valence-corrected chi connectivity index (χ4v) is 5.80. The van der Waals surface area contributed by atoms with Crippen molar-refractivity contribution < 1.29 is 14.3 Å². The number of hydrogen-bond donors (Lipinski definition) is 0. The summed E-state index contributed by atoms with van der Waals surface area (Å²) in [6, 6.07) is 24.2. The topological polar surface area (TPSA) is 69.9 Å². The molecule has 1 atom stereocenters. The molecule has 6 nitrogen and oxygen atoms in total.